The summed E-state index contributed by atoms with van der Waals surface area (Å²) in [7, 11) is 1.25. The van der Waals surface area contributed by atoms with Crippen LogP contribution in [0.3, 0.4) is 0 Å². The van der Waals surface area contributed by atoms with E-state index in [0.717, 1.165) is 0 Å². The maximum Gasteiger partial charge on any atom is 0.322 e. The van der Waals surface area contributed by atoms with Crippen LogP contribution in [-0.4, -0.2) is 77.3 Å². The number of hydrogen-bond acceptors (Lipinski definition) is 13. The van der Waals surface area contributed by atoms with Crippen LogP contribution in [0.5, 0.6) is 0 Å². The highest BCUT2D eigenvalue weighted by Gasteiger charge is 2.51. The lowest BCUT2D eigenvalue weighted by molar-refractivity contribution is -0.201. The van der Waals surface area contributed by atoms with E-state index in [2.05, 4.69) is 21.5 Å². The van der Waals surface area contributed by atoms with Crippen LogP contribution in [0.25, 0.3) is 5.52 Å². The molecule has 0 unspecified atom stereocenters. The summed E-state index contributed by atoms with van der Waals surface area (Å²) in [6.45, 7) is 9.69. The third-order valence-electron chi connectivity index (χ3n) is 6.13. The van der Waals surface area contributed by atoms with Crippen molar-refractivity contribution in [3.05, 3.63) is 24.2 Å². The van der Waals surface area contributed by atoms with E-state index in [1.54, 1.807) is 46.8 Å². The van der Waals surface area contributed by atoms with Gasteiger partial charge in [-0.05, 0) is 25.5 Å². The summed E-state index contributed by atoms with van der Waals surface area (Å²) in [4.78, 5) is 41.9. The second-order valence-corrected chi connectivity index (χ2v) is 10.0. The van der Waals surface area contributed by atoms with Crippen molar-refractivity contribution in [2.75, 3.05) is 32.8 Å². The van der Waals surface area contributed by atoms with E-state index in [1.807, 2.05) is 6.92 Å². The molecule has 2 rings (SSSR count). The van der Waals surface area contributed by atoms with E-state index in [1.165, 1.54) is 18.0 Å². The van der Waals surface area contributed by atoms with Crippen molar-refractivity contribution in [3.63, 3.8) is 0 Å². The third-order valence-corrected chi connectivity index (χ3v) is 6.13. The molecule has 0 spiro atoms. The van der Waals surface area contributed by atoms with E-state index in [4.69, 9.17) is 29.4 Å². The molecule has 2 heterocycles. The van der Waals surface area contributed by atoms with Crippen LogP contribution in [0.2, 0.25) is 0 Å². The number of nitrogens with two attached hydrogens (primary N) is 1. The molecular formula is C27H40N6O8. The quantitative estimate of drug-likeness (QED) is 0.128. The Hall–Kier alpha value is -3.80. The SMILES string of the molecule is CCCOC(=O)[C@H](C)NCOC[C@@](C#N)(OC)[C@@H](OC(=O)C(C)C)[C@@H](OC(=O)C(C)C)c1ccc2c(N)ncnn12. The largest absolute Gasteiger partial charge is 0.465 e. The van der Waals surface area contributed by atoms with Crippen molar-refractivity contribution in [3.8, 4) is 6.07 Å². The maximum absolute atomic E-state index is 12.9. The average molecular weight is 577 g/mol. The van der Waals surface area contributed by atoms with E-state index >= 15 is 0 Å². The Balaban J connectivity index is 2.51. The van der Waals surface area contributed by atoms with Gasteiger partial charge >= 0.3 is 17.9 Å². The molecule has 41 heavy (non-hydrogen) atoms. The fourth-order valence-electron chi connectivity index (χ4n) is 3.59. The highest BCUT2D eigenvalue weighted by molar-refractivity contribution is 5.75. The first-order valence-corrected chi connectivity index (χ1v) is 13.4. The van der Waals surface area contributed by atoms with Crippen molar-refractivity contribution in [2.45, 2.75) is 71.8 Å². The molecule has 2 aromatic heterocycles. The van der Waals surface area contributed by atoms with Crippen LogP contribution in [0.1, 0.15) is 59.8 Å². The number of carbonyl (C=O) groups is 3. The van der Waals surface area contributed by atoms with Crippen molar-refractivity contribution < 1.29 is 38.1 Å². The average Bonchev–Trinajstić information content (AvgIpc) is 3.38. The van der Waals surface area contributed by atoms with Crippen LogP contribution >= 0.6 is 0 Å². The number of hydrogen-bond donors (Lipinski definition) is 2. The number of methoxy groups -OCH3 is 1. The summed E-state index contributed by atoms with van der Waals surface area (Å²) >= 11 is 0. The molecule has 3 N–H and O–H groups in total. The van der Waals surface area contributed by atoms with Gasteiger partial charge in [0.2, 0.25) is 5.60 Å². The van der Waals surface area contributed by atoms with Crippen LogP contribution in [0.4, 0.5) is 5.82 Å². The van der Waals surface area contributed by atoms with Crippen molar-refractivity contribution in [2.24, 2.45) is 11.8 Å². The first-order chi connectivity index (χ1) is 19.4. The summed E-state index contributed by atoms with van der Waals surface area (Å²) in [6.07, 6.45) is -0.987. The van der Waals surface area contributed by atoms with E-state index < -0.39 is 60.2 Å². The molecule has 14 nitrogen and oxygen atoms in total. The number of ether oxygens (including phenoxy) is 5. The number of fused-ring (bicyclic) bond motifs is 1. The van der Waals surface area contributed by atoms with Gasteiger partial charge in [0.15, 0.2) is 18.0 Å². The van der Waals surface area contributed by atoms with Crippen LogP contribution in [0, 0.1) is 23.2 Å². The maximum atomic E-state index is 12.9. The lowest BCUT2D eigenvalue weighted by atomic mass is 9.92. The number of carbonyl (C=O) groups excluding carboxylic acids is 3. The summed E-state index contributed by atoms with van der Waals surface area (Å²) in [5, 5.41) is 17.5. The molecule has 14 heteroatoms. The van der Waals surface area contributed by atoms with Gasteiger partial charge in [-0.15, -0.1) is 0 Å². The highest BCUT2D eigenvalue weighted by Crippen LogP contribution is 2.35. The van der Waals surface area contributed by atoms with Crippen LogP contribution in [-0.2, 0) is 38.1 Å². The fraction of sp³-hybridized carbons (Fsp3) is 0.630. The Morgan fingerprint density at radius 1 is 1.10 bits per heavy atom. The molecule has 226 valence electrons. The predicted molar refractivity (Wildman–Crippen MR) is 146 cm³/mol. The molecule has 0 amide bonds. The summed E-state index contributed by atoms with van der Waals surface area (Å²) in [5.74, 6) is -2.74. The van der Waals surface area contributed by atoms with Gasteiger partial charge in [-0.1, -0.05) is 34.6 Å². The van der Waals surface area contributed by atoms with Crippen molar-refractivity contribution in [1.82, 2.24) is 19.9 Å². The minimum Gasteiger partial charge on any atom is -0.465 e. The van der Waals surface area contributed by atoms with E-state index in [-0.39, 0.29) is 24.8 Å². The zero-order valence-corrected chi connectivity index (χ0v) is 24.6. The lowest BCUT2D eigenvalue weighted by Gasteiger charge is -2.37. The van der Waals surface area contributed by atoms with Crippen molar-refractivity contribution >= 4 is 29.2 Å². The monoisotopic (exact) mass is 576 g/mol. The topological polar surface area (TPSA) is 189 Å². The van der Waals surface area contributed by atoms with E-state index in [0.29, 0.717) is 11.9 Å². The van der Waals surface area contributed by atoms with E-state index in [9.17, 15) is 19.6 Å². The molecule has 0 saturated heterocycles. The Kier molecular flexibility index (Phi) is 12.4. The van der Waals surface area contributed by atoms with Gasteiger partial charge in [-0.3, -0.25) is 19.7 Å². The predicted octanol–water partition coefficient (Wildman–Crippen LogP) is 1.93. The second kappa shape index (κ2) is 15.3. The Bertz CT molecular complexity index is 1230. The molecule has 0 aromatic carbocycles. The standard InChI is InChI=1S/C27H40N6O8/c1-8-11-39-26(36)18(6)31-15-38-13-27(12-28,37-7)22(41-25(35)17(4)5)21(40-24(34)16(2)3)19-9-10-20-23(29)30-14-32-33(19)20/h9-10,14,16-18,21-22,31H,8,11,13,15H2,1-7H3,(H2,29,30,32)/t18-,21-,22-,27+/m0/s1. The minimum atomic E-state index is -1.97. The molecule has 0 aliphatic carbocycles. The Morgan fingerprint density at radius 2 is 1.76 bits per heavy atom. The number of aromatic nitrogens is 3. The zero-order chi connectivity index (χ0) is 30.7. The molecule has 0 radical (unpaired) electrons. The molecule has 0 bridgehead atoms. The first-order valence-electron chi connectivity index (χ1n) is 13.4. The summed E-state index contributed by atoms with van der Waals surface area (Å²) < 4.78 is 29.6. The number of nitrogens with one attached hydrogen (secondary N) is 1. The Labute approximate surface area is 239 Å². The van der Waals surface area contributed by atoms with Gasteiger partial charge in [-0.25, -0.2) is 9.50 Å². The first kappa shape index (κ1) is 33.4. The molecule has 0 fully saturated rings. The normalized spacial score (nSPS) is 15.1. The molecule has 0 aliphatic rings. The highest BCUT2D eigenvalue weighted by atomic mass is 16.6. The number of rotatable bonds is 16. The number of nitrogens with zero attached hydrogens (tertiary/aromatic N) is 4. The lowest BCUT2D eigenvalue weighted by Crippen LogP contribution is -2.54. The number of nitriles is 1. The minimum absolute atomic E-state index is 0.162. The number of nitrogen functional groups attached to an aromatic ring is 1. The number of anilines is 1. The van der Waals surface area contributed by atoms with Gasteiger partial charge < -0.3 is 29.4 Å². The summed E-state index contributed by atoms with van der Waals surface area (Å²) in [5.41, 5.74) is 4.70. The summed E-state index contributed by atoms with van der Waals surface area (Å²) in [6, 6.07) is 4.56. The molecule has 4 atom stereocenters. The third kappa shape index (κ3) is 8.35. The fourth-order valence-corrected chi connectivity index (χ4v) is 3.59. The molecular weight excluding hydrogens is 536 g/mol. The van der Waals surface area contributed by atoms with Gasteiger partial charge in [0.05, 0.1) is 37.5 Å². The molecule has 0 saturated carbocycles. The van der Waals surface area contributed by atoms with Gasteiger partial charge in [-0.2, -0.15) is 10.4 Å². The Morgan fingerprint density at radius 3 is 2.34 bits per heavy atom. The molecule has 2 aromatic rings. The van der Waals surface area contributed by atoms with Gasteiger partial charge in [0.1, 0.15) is 24.0 Å². The van der Waals surface area contributed by atoms with Crippen LogP contribution < -0.4 is 11.1 Å². The van der Waals surface area contributed by atoms with Crippen LogP contribution in [0.15, 0.2) is 18.5 Å². The van der Waals surface area contributed by atoms with Gasteiger partial charge in [0.25, 0.3) is 0 Å². The second-order valence-electron chi connectivity index (χ2n) is 10.0. The molecule has 0 aliphatic heterocycles. The van der Waals surface area contributed by atoms with Crippen molar-refractivity contribution in [1.29, 1.82) is 5.26 Å². The zero-order valence-electron chi connectivity index (χ0n) is 24.6. The number of esters is 3. The van der Waals surface area contributed by atoms with Gasteiger partial charge in [0, 0.05) is 7.11 Å². The smallest absolute Gasteiger partial charge is 0.322 e.